The highest BCUT2D eigenvalue weighted by atomic mass is 16.2. The van der Waals surface area contributed by atoms with Crippen molar-refractivity contribution in [3.8, 4) is 0 Å². The minimum Gasteiger partial charge on any atom is -0.347 e. The van der Waals surface area contributed by atoms with E-state index in [1.54, 1.807) is 4.90 Å². The van der Waals surface area contributed by atoms with Gasteiger partial charge in [-0.2, -0.15) is 0 Å². The number of likely N-dealkylation sites (N-methyl/N-ethyl adjacent to an activating group) is 1. The molecule has 2 rings (SSSR count). The summed E-state index contributed by atoms with van der Waals surface area (Å²) in [5.74, 6) is 0.155. The third-order valence-corrected chi connectivity index (χ3v) is 4.66. The van der Waals surface area contributed by atoms with Crippen molar-refractivity contribution in [2.75, 3.05) is 19.6 Å². The van der Waals surface area contributed by atoms with E-state index >= 15 is 0 Å². The van der Waals surface area contributed by atoms with Gasteiger partial charge in [-0.15, -0.1) is 0 Å². The number of amides is 2. The topological polar surface area (TPSA) is 75.4 Å². The van der Waals surface area contributed by atoms with Crippen molar-refractivity contribution in [1.82, 2.24) is 10.2 Å². The van der Waals surface area contributed by atoms with Gasteiger partial charge in [0.05, 0.1) is 6.54 Å². The fraction of sp³-hybridized carbons (Fsp3) is 0.556. The summed E-state index contributed by atoms with van der Waals surface area (Å²) in [6.07, 6.45) is 2.93. The Labute approximate surface area is 138 Å². The van der Waals surface area contributed by atoms with Crippen molar-refractivity contribution in [2.24, 2.45) is 17.6 Å². The Hall–Kier alpha value is -1.88. The van der Waals surface area contributed by atoms with E-state index in [0.29, 0.717) is 19.6 Å². The van der Waals surface area contributed by atoms with Gasteiger partial charge in [-0.1, -0.05) is 36.8 Å². The van der Waals surface area contributed by atoms with Gasteiger partial charge >= 0.3 is 0 Å². The first kappa shape index (κ1) is 17.5. The Morgan fingerprint density at radius 2 is 2.00 bits per heavy atom. The van der Waals surface area contributed by atoms with Crippen LogP contribution in [0.5, 0.6) is 0 Å². The lowest BCUT2D eigenvalue weighted by atomic mass is 9.95. The number of rotatable bonds is 7. The molecule has 23 heavy (non-hydrogen) atoms. The zero-order chi connectivity index (χ0) is 16.7. The molecule has 1 saturated carbocycles. The maximum absolute atomic E-state index is 12.3. The molecule has 0 aliphatic heterocycles. The van der Waals surface area contributed by atoms with E-state index in [9.17, 15) is 9.59 Å². The summed E-state index contributed by atoms with van der Waals surface area (Å²) in [4.78, 5) is 26.3. The van der Waals surface area contributed by atoms with Crippen LogP contribution in [0.25, 0.3) is 0 Å². The van der Waals surface area contributed by atoms with Crippen LogP contribution in [-0.4, -0.2) is 36.3 Å². The van der Waals surface area contributed by atoms with Crippen molar-refractivity contribution >= 4 is 11.8 Å². The van der Waals surface area contributed by atoms with Crippen LogP contribution in [0.1, 0.15) is 31.7 Å². The molecule has 5 nitrogen and oxygen atoms in total. The first-order chi connectivity index (χ1) is 11.2. The van der Waals surface area contributed by atoms with Crippen LogP contribution >= 0.6 is 0 Å². The molecule has 0 heterocycles. The van der Waals surface area contributed by atoms with Crippen LogP contribution < -0.4 is 11.1 Å². The van der Waals surface area contributed by atoms with Crippen molar-refractivity contribution in [3.63, 3.8) is 0 Å². The Kier molecular flexibility index (Phi) is 6.59. The lowest BCUT2D eigenvalue weighted by molar-refractivity contribution is -0.134. The largest absolute Gasteiger partial charge is 0.347 e. The highest BCUT2D eigenvalue weighted by Gasteiger charge is 2.32. The smallest absolute Gasteiger partial charge is 0.242 e. The first-order valence-electron chi connectivity index (χ1n) is 8.45. The SMILES string of the molecule is CCN(Cc1ccccc1)C(=O)CNC(=O)[C@@H]1CCC[C@@H]1CN. The molecule has 3 N–H and O–H groups in total. The predicted octanol–water partition coefficient (Wildman–Crippen LogP) is 1.53. The maximum atomic E-state index is 12.3. The van der Waals surface area contributed by atoms with Gasteiger partial charge in [0.1, 0.15) is 0 Å². The van der Waals surface area contributed by atoms with E-state index in [1.165, 1.54) is 0 Å². The number of carbonyl (C=O) groups excluding carboxylic acids is 2. The van der Waals surface area contributed by atoms with Crippen LogP contribution in [0.3, 0.4) is 0 Å². The van der Waals surface area contributed by atoms with E-state index in [0.717, 1.165) is 24.8 Å². The highest BCUT2D eigenvalue weighted by Crippen LogP contribution is 2.30. The van der Waals surface area contributed by atoms with E-state index in [4.69, 9.17) is 5.73 Å². The summed E-state index contributed by atoms with van der Waals surface area (Å²) >= 11 is 0. The highest BCUT2D eigenvalue weighted by molar-refractivity contribution is 5.86. The molecule has 1 fully saturated rings. The quantitative estimate of drug-likeness (QED) is 0.801. The van der Waals surface area contributed by atoms with Crippen molar-refractivity contribution in [2.45, 2.75) is 32.7 Å². The van der Waals surface area contributed by atoms with Gasteiger partial charge in [0.25, 0.3) is 0 Å². The molecule has 1 aromatic carbocycles. The van der Waals surface area contributed by atoms with Crippen LogP contribution in [0, 0.1) is 11.8 Å². The Morgan fingerprint density at radius 3 is 2.65 bits per heavy atom. The average Bonchev–Trinajstić information content (AvgIpc) is 3.07. The van der Waals surface area contributed by atoms with Gasteiger partial charge in [0.15, 0.2) is 0 Å². The predicted molar refractivity (Wildman–Crippen MR) is 90.4 cm³/mol. The molecule has 0 unspecified atom stereocenters. The second kappa shape index (κ2) is 8.67. The fourth-order valence-corrected chi connectivity index (χ4v) is 3.25. The summed E-state index contributed by atoms with van der Waals surface area (Å²) in [5.41, 5.74) is 6.81. The van der Waals surface area contributed by atoms with Gasteiger partial charge < -0.3 is 16.0 Å². The minimum atomic E-state index is -0.0491. The number of nitrogens with one attached hydrogen (secondary N) is 1. The third-order valence-electron chi connectivity index (χ3n) is 4.66. The molecule has 0 spiro atoms. The van der Waals surface area contributed by atoms with Gasteiger partial charge in [-0.3, -0.25) is 9.59 Å². The monoisotopic (exact) mass is 317 g/mol. The van der Waals surface area contributed by atoms with Crippen molar-refractivity contribution in [3.05, 3.63) is 35.9 Å². The molecule has 2 amide bonds. The summed E-state index contributed by atoms with van der Waals surface area (Å²) in [6, 6.07) is 9.88. The molecule has 1 aliphatic rings. The van der Waals surface area contributed by atoms with E-state index in [2.05, 4.69) is 5.32 Å². The number of benzene rings is 1. The Balaban J connectivity index is 1.83. The summed E-state index contributed by atoms with van der Waals surface area (Å²) in [7, 11) is 0. The molecule has 0 saturated heterocycles. The van der Waals surface area contributed by atoms with Crippen LogP contribution in [0.15, 0.2) is 30.3 Å². The van der Waals surface area contributed by atoms with Crippen molar-refractivity contribution in [1.29, 1.82) is 0 Å². The van der Waals surface area contributed by atoms with Gasteiger partial charge in [0.2, 0.25) is 11.8 Å². The summed E-state index contributed by atoms with van der Waals surface area (Å²) < 4.78 is 0. The maximum Gasteiger partial charge on any atom is 0.242 e. The van der Waals surface area contributed by atoms with E-state index < -0.39 is 0 Å². The molecule has 0 aromatic heterocycles. The van der Waals surface area contributed by atoms with E-state index in [-0.39, 0.29) is 30.2 Å². The molecule has 1 aliphatic carbocycles. The molecular weight excluding hydrogens is 290 g/mol. The first-order valence-corrected chi connectivity index (χ1v) is 8.45. The Bertz CT molecular complexity index is 518. The van der Waals surface area contributed by atoms with Crippen LogP contribution in [0.2, 0.25) is 0 Å². The third kappa shape index (κ3) is 4.79. The zero-order valence-electron chi connectivity index (χ0n) is 13.8. The minimum absolute atomic E-state index is 0.0259. The number of nitrogens with two attached hydrogens (primary N) is 1. The van der Waals surface area contributed by atoms with Crippen LogP contribution in [0.4, 0.5) is 0 Å². The molecule has 1 aromatic rings. The van der Waals surface area contributed by atoms with Crippen molar-refractivity contribution < 1.29 is 9.59 Å². The molecule has 0 bridgehead atoms. The summed E-state index contributed by atoms with van der Waals surface area (Å²) in [6.45, 7) is 3.75. The number of hydrogen-bond donors (Lipinski definition) is 2. The van der Waals surface area contributed by atoms with Gasteiger partial charge in [-0.05, 0) is 37.8 Å². The average molecular weight is 317 g/mol. The molecule has 2 atom stereocenters. The lowest BCUT2D eigenvalue weighted by Gasteiger charge is -2.22. The Morgan fingerprint density at radius 1 is 1.26 bits per heavy atom. The second-order valence-corrected chi connectivity index (χ2v) is 6.14. The van der Waals surface area contributed by atoms with Gasteiger partial charge in [0, 0.05) is 19.0 Å². The molecule has 0 radical (unpaired) electrons. The number of nitrogens with zero attached hydrogens (tertiary/aromatic N) is 1. The normalized spacial score (nSPS) is 20.3. The van der Waals surface area contributed by atoms with Gasteiger partial charge in [-0.25, -0.2) is 0 Å². The number of hydrogen-bond acceptors (Lipinski definition) is 3. The molecular formula is C18H27N3O2. The lowest BCUT2D eigenvalue weighted by Crippen LogP contribution is -2.42. The molecule has 5 heteroatoms. The van der Waals surface area contributed by atoms with E-state index in [1.807, 2.05) is 37.3 Å². The molecule has 126 valence electrons. The fourth-order valence-electron chi connectivity index (χ4n) is 3.25. The summed E-state index contributed by atoms with van der Waals surface area (Å²) in [5, 5.41) is 2.80. The van der Waals surface area contributed by atoms with Crippen LogP contribution in [-0.2, 0) is 16.1 Å². The number of carbonyl (C=O) groups is 2. The second-order valence-electron chi connectivity index (χ2n) is 6.14. The standard InChI is InChI=1S/C18H27N3O2/c1-2-21(13-14-7-4-3-5-8-14)17(22)12-20-18(23)16-10-6-9-15(16)11-19/h3-5,7-8,15-16H,2,6,9-13,19H2,1H3,(H,20,23)/t15-,16-/m1/s1. The zero-order valence-corrected chi connectivity index (χ0v) is 13.8.